The van der Waals surface area contributed by atoms with Gasteiger partial charge in [-0.1, -0.05) is 37.8 Å². The number of nitrogens with one attached hydrogen (secondary N) is 1. The average Bonchev–Trinajstić information content (AvgIpc) is 2.66. The van der Waals surface area contributed by atoms with Crippen LogP contribution in [0.3, 0.4) is 0 Å². The highest BCUT2D eigenvalue weighted by Gasteiger charge is 2.36. The average molecular weight is 300 g/mol. The first-order valence-electron chi connectivity index (χ1n) is 7.69. The van der Waals surface area contributed by atoms with E-state index in [4.69, 9.17) is 16.3 Å². The van der Waals surface area contributed by atoms with Crippen molar-refractivity contribution in [3.05, 3.63) is 16.9 Å². The molecule has 0 saturated carbocycles. The molecule has 20 heavy (non-hydrogen) atoms. The first-order valence-corrected chi connectivity index (χ1v) is 8.07. The molecular formula is C15H26ClN3O. The number of ether oxygens (including phenoxy) is 1. The summed E-state index contributed by atoms with van der Waals surface area (Å²) in [5.74, 6) is 0. The van der Waals surface area contributed by atoms with Gasteiger partial charge in [-0.15, -0.1) is 0 Å². The molecule has 1 aliphatic rings. The second-order valence-corrected chi connectivity index (χ2v) is 6.03. The predicted octanol–water partition coefficient (Wildman–Crippen LogP) is 3.34. The van der Waals surface area contributed by atoms with Crippen molar-refractivity contribution in [2.75, 3.05) is 20.3 Å². The summed E-state index contributed by atoms with van der Waals surface area (Å²) in [6, 6.07) is 0. The maximum absolute atomic E-state index is 6.47. The lowest BCUT2D eigenvalue weighted by Crippen LogP contribution is -2.44. The van der Waals surface area contributed by atoms with E-state index in [-0.39, 0.29) is 5.54 Å². The molecule has 0 radical (unpaired) electrons. The first kappa shape index (κ1) is 15.8. The molecular weight excluding hydrogens is 274 g/mol. The SMILES string of the molecule is CCCC1(c2c(Cl)cnn2CCOC)CCCCCN1. The van der Waals surface area contributed by atoms with Crippen molar-refractivity contribution in [2.24, 2.45) is 0 Å². The standard InChI is InChI=1S/C15H26ClN3O/c1-3-7-15(8-5-4-6-9-17-15)14-13(16)12-18-19(14)10-11-20-2/h12,17H,3-11H2,1-2H3. The molecule has 1 unspecified atom stereocenters. The third kappa shape index (κ3) is 3.35. The Labute approximate surface area is 126 Å². The quantitative estimate of drug-likeness (QED) is 0.875. The lowest BCUT2D eigenvalue weighted by molar-refractivity contribution is 0.177. The summed E-state index contributed by atoms with van der Waals surface area (Å²) in [5.41, 5.74) is 1.13. The maximum Gasteiger partial charge on any atom is 0.0837 e. The molecule has 2 rings (SSSR count). The summed E-state index contributed by atoms with van der Waals surface area (Å²) >= 11 is 6.47. The Kier molecular flexibility index (Phi) is 5.87. The molecule has 0 aliphatic carbocycles. The first-order chi connectivity index (χ1) is 9.73. The molecule has 1 N–H and O–H groups in total. The van der Waals surface area contributed by atoms with Crippen LogP contribution in [-0.4, -0.2) is 30.0 Å². The Morgan fingerprint density at radius 1 is 1.45 bits per heavy atom. The Bertz CT molecular complexity index is 411. The highest BCUT2D eigenvalue weighted by Crippen LogP contribution is 2.37. The third-order valence-corrected chi connectivity index (χ3v) is 4.45. The van der Waals surface area contributed by atoms with Gasteiger partial charge in [-0.3, -0.25) is 4.68 Å². The minimum atomic E-state index is -0.0213. The molecule has 1 aromatic heterocycles. The van der Waals surface area contributed by atoms with Crippen molar-refractivity contribution in [1.82, 2.24) is 15.1 Å². The molecule has 1 saturated heterocycles. The molecule has 1 aliphatic heterocycles. The van der Waals surface area contributed by atoms with Crippen molar-refractivity contribution in [2.45, 2.75) is 57.5 Å². The van der Waals surface area contributed by atoms with Gasteiger partial charge in [-0.25, -0.2) is 0 Å². The largest absolute Gasteiger partial charge is 0.383 e. The van der Waals surface area contributed by atoms with E-state index in [9.17, 15) is 0 Å². The van der Waals surface area contributed by atoms with Gasteiger partial charge in [0.05, 0.1) is 35.6 Å². The van der Waals surface area contributed by atoms with Crippen LogP contribution in [0.15, 0.2) is 6.20 Å². The van der Waals surface area contributed by atoms with Gasteiger partial charge in [-0.2, -0.15) is 5.10 Å². The molecule has 0 amide bonds. The lowest BCUT2D eigenvalue weighted by atomic mass is 9.85. The summed E-state index contributed by atoms with van der Waals surface area (Å²) in [4.78, 5) is 0. The number of hydrogen-bond acceptors (Lipinski definition) is 3. The van der Waals surface area contributed by atoms with Gasteiger partial charge in [0.15, 0.2) is 0 Å². The Hall–Kier alpha value is -0.580. The van der Waals surface area contributed by atoms with Gasteiger partial charge < -0.3 is 10.1 Å². The van der Waals surface area contributed by atoms with Crippen LogP contribution in [0, 0.1) is 0 Å². The van der Waals surface area contributed by atoms with Gasteiger partial charge >= 0.3 is 0 Å². The van der Waals surface area contributed by atoms with E-state index in [0.717, 1.165) is 43.1 Å². The Morgan fingerprint density at radius 2 is 2.30 bits per heavy atom. The minimum Gasteiger partial charge on any atom is -0.383 e. The second kappa shape index (κ2) is 7.43. The summed E-state index contributed by atoms with van der Waals surface area (Å²) < 4.78 is 7.22. The number of aromatic nitrogens is 2. The van der Waals surface area contributed by atoms with Crippen LogP contribution in [0.4, 0.5) is 0 Å². The van der Waals surface area contributed by atoms with Crippen LogP contribution >= 0.6 is 11.6 Å². The number of methoxy groups -OCH3 is 1. The summed E-state index contributed by atoms with van der Waals surface area (Å²) in [5, 5.41) is 9.00. The summed E-state index contributed by atoms with van der Waals surface area (Å²) in [6.07, 6.45) is 8.94. The molecule has 0 aromatic carbocycles. The number of rotatable bonds is 6. The number of halogens is 1. The fourth-order valence-electron chi connectivity index (χ4n) is 3.29. The van der Waals surface area contributed by atoms with E-state index in [0.29, 0.717) is 6.61 Å². The van der Waals surface area contributed by atoms with E-state index < -0.39 is 0 Å². The Morgan fingerprint density at radius 3 is 3.05 bits per heavy atom. The summed E-state index contributed by atoms with van der Waals surface area (Å²) in [7, 11) is 1.72. The van der Waals surface area contributed by atoms with E-state index >= 15 is 0 Å². The van der Waals surface area contributed by atoms with Gasteiger partial charge in [-0.05, 0) is 25.8 Å². The highest BCUT2D eigenvalue weighted by molar-refractivity contribution is 6.31. The smallest absolute Gasteiger partial charge is 0.0837 e. The molecule has 1 aromatic rings. The molecule has 4 nitrogen and oxygen atoms in total. The number of hydrogen-bond donors (Lipinski definition) is 1. The van der Waals surface area contributed by atoms with Crippen LogP contribution in [0.2, 0.25) is 5.02 Å². The molecule has 0 spiro atoms. The topological polar surface area (TPSA) is 39.1 Å². The van der Waals surface area contributed by atoms with Gasteiger partial charge in [0.25, 0.3) is 0 Å². The van der Waals surface area contributed by atoms with E-state index in [2.05, 4.69) is 17.3 Å². The van der Waals surface area contributed by atoms with E-state index in [1.54, 1.807) is 13.3 Å². The highest BCUT2D eigenvalue weighted by atomic mass is 35.5. The van der Waals surface area contributed by atoms with Crippen molar-refractivity contribution in [3.8, 4) is 0 Å². The lowest BCUT2D eigenvalue weighted by Gasteiger charge is -2.35. The molecule has 2 heterocycles. The molecule has 0 bridgehead atoms. The van der Waals surface area contributed by atoms with E-state index in [1.807, 2.05) is 4.68 Å². The Balaban J connectivity index is 2.34. The van der Waals surface area contributed by atoms with Gasteiger partial charge in [0, 0.05) is 7.11 Å². The fourth-order valence-corrected chi connectivity index (χ4v) is 3.61. The van der Waals surface area contributed by atoms with Crippen molar-refractivity contribution in [1.29, 1.82) is 0 Å². The van der Waals surface area contributed by atoms with Gasteiger partial charge in [0.1, 0.15) is 0 Å². The van der Waals surface area contributed by atoms with Crippen molar-refractivity contribution in [3.63, 3.8) is 0 Å². The van der Waals surface area contributed by atoms with Crippen LogP contribution < -0.4 is 5.32 Å². The second-order valence-electron chi connectivity index (χ2n) is 5.63. The van der Waals surface area contributed by atoms with Crippen LogP contribution in [0.1, 0.15) is 51.1 Å². The van der Waals surface area contributed by atoms with Crippen LogP contribution in [-0.2, 0) is 16.8 Å². The zero-order chi connectivity index (χ0) is 14.4. The van der Waals surface area contributed by atoms with Crippen molar-refractivity contribution < 1.29 is 4.74 Å². The molecule has 114 valence electrons. The molecule has 1 fully saturated rings. The fraction of sp³-hybridized carbons (Fsp3) is 0.800. The zero-order valence-electron chi connectivity index (χ0n) is 12.6. The predicted molar refractivity (Wildman–Crippen MR) is 82.2 cm³/mol. The van der Waals surface area contributed by atoms with Gasteiger partial charge in [0.2, 0.25) is 0 Å². The van der Waals surface area contributed by atoms with Crippen LogP contribution in [0.5, 0.6) is 0 Å². The molecule has 5 heteroatoms. The maximum atomic E-state index is 6.47. The number of nitrogens with zero attached hydrogens (tertiary/aromatic N) is 2. The van der Waals surface area contributed by atoms with E-state index in [1.165, 1.54) is 19.3 Å². The van der Waals surface area contributed by atoms with Crippen LogP contribution in [0.25, 0.3) is 0 Å². The zero-order valence-corrected chi connectivity index (χ0v) is 13.4. The monoisotopic (exact) mass is 299 g/mol. The molecule has 1 atom stereocenters. The van der Waals surface area contributed by atoms with Crippen molar-refractivity contribution >= 4 is 11.6 Å². The third-order valence-electron chi connectivity index (χ3n) is 4.18. The minimum absolute atomic E-state index is 0.0213. The normalized spacial score (nSPS) is 23.8. The summed E-state index contributed by atoms with van der Waals surface area (Å²) in [6.45, 7) is 4.71.